The van der Waals surface area contributed by atoms with Gasteiger partial charge in [-0.3, -0.25) is 14.4 Å². The molecule has 0 heterocycles. The van der Waals surface area contributed by atoms with Crippen molar-refractivity contribution in [2.75, 3.05) is 6.54 Å². The van der Waals surface area contributed by atoms with Gasteiger partial charge in [-0.2, -0.15) is 0 Å². The van der Waals surface area contributed by atoms with Crippen LogP contribution >= 0.6 is 0 Å². The molecule has 0 aliphatic rings. The van der Waals surface area contributed by atoms with E-state index in [1.807, 2.05) is 30.3 Å². The molecular formula is C17H24N4O3. The largest absolute Gasteiger partial charge is 0.368 e. The average molecular weight is 332 g/mol. The predicted octanol–water partition coefficient (Wildman–Crippen LogP) is 0.316. The van der Waals surface area contributed by atoms with E-state index in [1.54, 1.807) is 0 Å². The van der Waals surface area contributed by atoms with E-state index in [0.717, 1.165) is 5.56 Å². The molecule has 0 spiro atoms. The third-order valence-electron chi connectivity index (χ3n) is 3.38. The van der Waals surface area contributed by atoms with Gasteiger partial charge in [-0.05, 0) is 38.8 Å². The molecule has 0 saturated carbocycles. The van der Waals surface area contributed by atoms with Crippen molar-refractivity contribution in [2.45, 2.75) is 38.6 Å². The number of nitrogens with two attached hydrogens (primary N) is 2. The lowest BCUT2D eigenvalue weighted by atomic mass is 10.0. The summed E-state index contributed by atoms with van der Waals surface area (Å²) in [4.78, 5) is 39.7. The molecule has 130 valence electrons. The Kier molecular flexibility index (Phi) is 7.26. The third-order valence-corrected chi connectivity index (χ3v) is 3.38. The highest BCUT2D eigenvalue weighted by molar-refractivity contribution is 6.40. The van der Waals surface area contributed by atoms with Crippen LogP contribution in [-0.4, -0.2) is 35.5 Å². The van der Waals surface area contributed by atoms with Crippen LogP contribution < -0.4 is 16.8 Å². The second-order valence-electron chi connectivity index (χ2n) is 5.95. The second kappa shape index (κ2) is 8.93. The molecule has 0 aromatic heterocycles. The van der Waals surface area contributed by atoms with E-state index in [1.165, 1.54) is 13.8 Å². The number of hydrogen-bond acceptors (Lipinski definition) is 4. The van der Waals surface area contributed by atoms with Crippen molar-refractivity contribution in [1.29, 1.82) is 0 Å². The number of carbonyl (C=O) groups is 3. The van der Waals surface area contributed by atoms with Crippen LogP contribution in [-0.2, 0) is 20.8 Å². The molecule has 0 aliphatic heterocycles. The predicted molar refractivity (Wildman–Crippen MR) is 92.3 cm³/mol. The molecule has 0 unspecified atom stereocenters. The number of hydrogen-bond donors (Lipinski definition) is 3. The van der Waals surface area contributed by atoms with Crippen LogP contribution in [0.25, 0.3) is 0 Å². The topological polar surface area (TPSA) is 128 Å². The van der Waals surface area contributed by atoms with Crippen molar-refractivity contribution < 1.29 is 14.4 Å². The smallest absolute Gasteiger partial charge is 0.266 e. The summed E-state index contributed by atoms with van der Waals surface area (Å²) >= 11 is 0. The molecule has 1 rings (SSSR count). The lowest BCUT2D eigenvalue weighted by Crippen LogP contribution is -2.54. The fourth-order valence-electron chi connectivity index (χ4n) is 1.87. The van der Waals surface area contributed by atoms with E-state index >= 15 is 0 Å². The van der Waals surface area contributed by atoms with Gasteiger partial charge >= 0.3 is 0 Å². The fraction of sp³-hybridized carbons (Fsp3) is 0.412. The Morgan fingerprint density at radius 1 is 1.17 bits per heavy atom. The van der Waals surface area contributed by atoms with E-state index in [-0.39, 0.29) is 18.6 Å². The maximum Gasteiger partial charge on any atom is 0.266 e. The quantitative estimate of drug-likeness (QED) is 0.592. The molecule has 7 nitrogen and oxygen atoms in total. The van der Waals surface area contributed by atoms with Crippen LogP contribution in [0, 0.1) is 0 Å². The van der Waals surface area contributed by atoms with E-state index in [2.05, 4.69) is 10.3 Å². The Morgan fingerprint density at radius 3 is 2.33 bits per heavy atom. The monoisotopic (exact) mass is 332 g/mol. The van der Waals surface area contributed by atoms with Crippen LogP contribution in [0.5, 0.6) is 0 Å². The number of benzene rings is 1. The zero-order chi connectivity index (χ0) is 18.2. The Bertz CT molecular complexity index is 624. The number of nitrogens with one attached hydrogen (secondary N) is 1. The first-order valence-corrected chi connectivity index (χ1v) is 7.73. The van der Waals surface area contributed by atoms with Crippen LogP contribution in [0.2, 0.25) is 0 Å². The minimum atomic E-state index is -1.23. The first-order chi connectivity index (χ1) is 11.3. The zero-order valence-corrected chi connectivity index (χ0v) is 14.0. The van der Waals surface area contributed by atoms with Crippen LogP contribution in [0.15, 0.2) is 35.3 Å². The van der Waals surface area contributed by atoms with Gasteiger partial charge in [0.05, 0.1) is 6.42 Å². The number of carbonyl (C=O) groups excluding carboxylic acids is 3. The first kappa shape index (κ1) is 19.5. The molecule has 1 aromatic rings. The summed E-state index contributed by atoms with van der Waals surface area (Å²) in [6.07, 6.45) is 0.846. The van der Waals surface area contributed by atoms with Crippen LogP contribution in [0.4, 0.5) is 0 Å². The molecular weight excluding hydrogens is 308 g/mol. The SMILES string of the molecule is CC(C)(NC(=O)C(CCCN)=NC(=O)Cc1ccccc1)C(N)=O. The molecule has 5 N–H and O–H groups in total. The minimum absolute atomic E-state index is 0.0516. The Balaban J connectivity index is 2.88. The van der Waals surface area contributed by atoms with E-state index in [0.29, 0.717) is 13.0 Å². The molecule has 0 bridgehead atoms. The number of aliphatic imine (C=N–C) groups is 1. The number of nitrogens with zero attached hydrogens (tertiary/aromatic N) is 1. The highest BCUT2D eigenvalue weighted by Gasteiger charge is 2.28. The molecule has 0 saturated heterocycles. The van der Waals surface area contributed by atoms with Crippen LogP contribution in [0.3, 0.4) is 0 Å². The summed E-state index contributed by atoms with van der Waals surface area (Å²) < 4.78 is 0. The Hall–Kier alpha value is -2.54. The Morgan fingerprint density at radius 2 is 1.79 bits per heavy atom. The highest BCUT2D eigenvalue weighted by Crippen LogP contribution is 2.05. The standard InChI is InChI=1S/C17H24N4O3/c1-17(2,16(19)24)21-15(23)13(9-6-10-18)20-14(22)11-12-7-4-3-5-8-12/h3-5,7-8H,6,9-11,18H2,1-2H3,(H2,19,24)(H,21,23). The van der Waals surface area contributed by atoms with Gasteiger partial charge < -0.3 is 16.8 Å². The average Bonchev–Trinajstić information content (AvgIpc) is 2.51. The number of amides is 3. The molecule has 0 fully saturated rings. The molecule has 1 aromatic carbocycles. The van der Waals surface area contributed by atoms with Gasteiger partial charge in [0.25, 0.3) is 11.8 Å². The third kappa shape index (κ3) is 6.29. The summed E-state index contributed by atoms with van der Waals surface area (Å²) in [5.41, 5.74) is 10.3. The Labute approximate surface area is 141 Å². The maximum absolute atomic E-state index is 12.3. The molecule has 7 heteroatoms. The molecule has 3 amide bonds. The van der Waals surface area contributed by atoms with Gasteiger partial charge in [0, 0.05) is 0 Å². The summed E-state index contributed by atoms with van der Waals surface area (Å²) in [7, 11) is 0. The first-order valence-electron chi connectivity index (χ1n) is 7.73. The second-order valence-corrected chi connectivity index (χ2v) is 5.95. The van der Waals surface area contributed by atoms with Gasteiger partial charge in [0.1, 0.15) is 11.3 Å². The normalized spacial score (nSPS) is 11.9. The van der Waals surface area contributed by atoms with Gasteiger partial charge in [-0.15, -0.1) is 0 Å². The lowest BCUT2D eigenvalue weighted by Gasteiger charge is -2.22. The van der Waals surface area contributed by atoms with Crippen molar-refractivity contribution in [1.82, 2.24) is 5.32 Å². The van der Waals surface area contributed by atoms with E-state index in [4.69, 9.17) is 11.5 Å². The maximum atomic E-state index is 12.3. The van der Waals surface area contributed by atoms with Crippen molar-refractivity contribution >= 4 is 23.4 Å². The molecule has 0 radical (unpaired) electrons. The van der Waals surface area contributed by atoms with Crippen molar-refractivity contribution in [3.63, 3.8) is 0 Å². The summed E-state index contributed by atoms with van der Waals surface area (Å²) in [5, 5.41) is 2.50. The van der Waals surface area contributed by atoms with E-state index in [9.17, 15) is 14.4 Å². The fourth-order valence-corrected chi connectivity index (χ4v) is 1.87. The minimum Gasteiger partial charge on any atom is -0.368 e. The van der Waals surface area contributed by atoms with Crippen molar-refractivity contribution in [3.8, 4) is 0 Å². The highest BCUT2D eigenvalue weighted by atomic mass is 16.2. The molecule has 0 atom stereocenters. The van der Waals surface area contributed by atoms with Gasteiger partial charge in [0.15, 0.2) is 0 Å². The van der Waals surface area contributed by atoms with Crippen molar-refractivity contribution in [3.05, 3.63) is 35.9 Å². The summed E-state index contributed by atoms with van der Waals surface area (Å²) in [5.74, 6) is -1.70. The van der Waals surface area contributed by atoms with E-state index < -0.39 is 23.3 Å². The number of primary amides is 1. The van der Waals surface area contributed by atoms with Gasteiger partial charge in [0.2, 0.25) is 5.91 Å². The summed E-state index contributed by atoms with van der Waals surface area (Å²) in [6, 6.07) is 9.11. The molecule has 0 aliphatic carbocycles. The van der Waals surface area contributed by atoms with Crippen LogP contribution in [0.1, 0.15) is 32.3 Å². The number of rotatable bonds is 8. The lowest BCUT2D eigenvalue weighted by molar-refractivity contribution is -0.127. The van der Waals surface area contributed by atoms with Crippen molar-refractivity contribution in [2.24, 2.45) is 16.5 Å². The zero-order valence-electron chi connectivity index (χ0n) is 14.0. The summed E-state index contributed by atoms with van der Waals surface area (Å²) in [6.45, 7) is 3.33. The van der Waals surface area contributed by atoms with Gasteiger partial charge in [-0.1, -0.05) is 30.3 Å². The van der Waals surface area contributed by atoms with Gasteiger partial charge in [-0.25, -0.2) is 4.99 Å². The molecule has 24 heavy (non-hydrogen) atoms.